The molecule has 34 heavy (non-hydrogen) atoms. The van der Waals surface area contributed by atoms with E-state index in [0.29, 0.717) is 17.9 Å². The van der Waals surface area contributed by atoms with Gasteiger partial charge in [0.05, 0.1) is 17.6 Å². The number of nitrogen functional groups attached to an aromatic ring is 1. The zero-order chi connectivity index (χ0) is 23.1. The Morgan fingerprint density at radius 3 is 2.74 bits per heavy atom. The van der Waals surface area contributed by atoms with Gasteiger partial charge in [0.1, 0.15) is 0 Å². The SMILES string of the molecule is Nc1nccn2c(Cc3cc(-c4ccc5ccccc5c4)ncc3N3CCC[C@@H](N)C3)cnc12. The summed E-state index contributed by atoms with van der Waals surface area (Å²) in [5, 5.41) is 2.43. The molecule has 0 amide bonds. The lowest BCUT2D eigenvalue weighted by Crippen LogP contribution is -2.43. The Morgan fingerprint density at radius 2 is 1.85 bits per heavy atom. The third-order valence-electron chi connectivity index (χ3n) is 6.71. The fraction of sp³-hybridized carbons (Fsp3) is 0.222. The van der Waals surface area contributed by atoms with E-state index in [0.717, 1.165) is 48.6 Å². The van der Waals surface area contributed by atoms with E-state index in [-0.39, 0.29) is 6.04 Å². The van der Waals surface area contributed by atoms with Crippen molar-refractivity contribution in [3.8, 4) is 11.3 Å². The molecule has 7 nitrogen and oxygen atoms in total. The topological polar surface area (TPSA) is 98.4 Å². The van der Waals surface area contributed by atoms with E-state index in [2.05, 4.69) is 63.4 Å². The molecule has 1 atom stereocenters. The fourth-order valence-corrected chi connectivity index (χ4v) is 4.97. The molecule has 4 heterocycles. The van der Waals surface area contributed by atoms with Gasteiger partial charge in [-0.3, -0.25) is 9.38 Å². The van der Waals surface area contributed by atoms with Crippen molar-refractivity contribution in [1.29, 1.82) is 0 Å². The van der Waals surface area contributed by atoms with Gasteiger partial charge in [-0.05, 0) is 41.3 Å². The maximum absolute atomic E-state index is 6.32. The lowest BCUT2D eigenvalue weighted by Gasteiger charge is -2.34. The van der Waals surface area contributed by atoms with Crippen LogP contribution >= 0.6 is 0 Å². The van der Waals surface area contributed by atoms with Crippen molar-refractivity contribution in [3.63, 3.8) is 0 Å². The first-order valence-corrected chi connectivity index (χ1v) is 11.7. The Labute approximate surface area is 198 Å². The summed E-state index contributed by atoms with van der Waals surface area (Å²) in [7, 11) is 0. The Morgan fingerprint density at radius 1 is 0.971 bits per heavy atom. The maximum Gasteiger partial charge on any atom is 0.180 e. The van der Waals surface area contributed by atoms with Crippen molar-refractivity contribution in [2.45, 2.75) is 25.3 Å². The Hall–Kier alpha value is -3.97. The highest BCUT2D eigenvalue weighted by atomic mass is 15.2. The van der Waals surface area contributed by atoms with E-state index in [1.165, 1.54) is 16.3 Å². The number of nitrogens with zero attached hydrogens (tertiary/aromatic N) is 5. The number of pyridine rings is 1. The first-order valence-electron chi connectivity index (χ1n) is 11.7. The first kappa shape index (κ1) is 20.6. The second kappa shape index (κ2) is 8.43. The smallest absolute Gasteiger partial charge is 0.180 e. The van der Waals surface area contributed by atoms with Crippen molar-refractivity contribution in [2.24, 2.45) is 5.73 Å². The highest BCUT2D eigenvalue weighted by molar-refractivity contribution is 5.87. The van der Waals surface area contributed by atoms with Crippen LogP contribution in [0.3, 0.4) is 0 Å². The quantitative estimate of drug-likeness (QED) is 0.430. The summed E-state index contributed by atoms with van der Waals surface area (Å²) >= 11 is 0. The predicted molar refractivity (Wildman–Crippen MR) is 137 cm³/mol. The van der Waals surface area contributed by atoms with E-state index in [1.807, 2.05) is 23.0 Å². The van der Waals surface area contributed by atoms with E-state index in [1.54, 1.807) is 6.20 Å². The van der Waals surface area contributed by atoms with E-state index >= 15 is 0 Å². The average molecular weight is 450 g/mol. The van der Waals surface area contributed by atoms with Crippen LogP contribution in [0.2, 0.25) is 0 Å². The fourth-order valence-electron chi connectivity index (χ4n) is 4.97. The van der Waals surface area contributed by atoms with Crippen molar-refractivity contribution in [3.05, 3.63) is 84.6 Å². The molecule has 170 valence electrons. The van der Waals surface area contributed by atoms with Gasteiger partial charge in [-0.1, -0.05) is 36.4 Å². The van der Waals surface area contributed by atoms with Gasteiger partial charge in [0.15, 0.2) is 11.5 Å². The van der Waals surface area contributed by atoms with Gasteiger partial charge >= 0.3 is 0 Å². The average Bonchev–Trinajstić information content (AvgIpc) is 3.28. The van der Waals surface area contributed by atoms with Crippen LogP contribution in [0.25, 0.3) is 27.7 Å². The zero-order valence-electron chi connectivity index (χ0n) is 18.9. The van der Waals surface area contributed by atoms with Gasteiger partial charge in [0.25, 0.3) is 0 Å². The van der Waals surface area contributed by atoms with E-state index in [9.17, 15) is 0 Å². The van der Waals surface area contributed by atoms with Gasteiger partial charge in [-0.15, -0.1) is 0 Å². The molecule has 1 aliphatic heterocycles. The molecule has 0 unspecified atom stereocenters. The van der Waals surface area contributed by atoms with Crippen LogP contribution in [0.15, 0.2) is 73.3 Å². The molecule has 5 aromatic rings. The number of hydrogen-bond donors (Lipinski definition) is 2. The van der Waals surface area contributed by atoms with Crippen LogP contribution < -0.4 is 16.4 Å². The molecule has 0 bridgehead atoms. The van der Waals surface area contributed by atoms with Gasteiger partial charge in [-0.2, -0.15) is 0 Å². The summed E-state index contributed by atoms with van der Waals surface area (Å²) in [6.45, 7) is 1.83. The summed E-state index contributed by atoms with van der Waals surface area (Å²) in [5.74, 6) is 0.433. The van der Waals surface area contributed by atoms with Crippen molar-refractivity contribution in [2.75, 3.05) is 23.7 Å². The number of hydrogen-bond acceptors (Lipinski definition) is 6. The van der Waals surface area contributed by atoms with E-state index < -0.39 is 0 Å². The van der Waals surface area contributed by atoms with Gasteiger partial charge in [0, 0.05) is 55.4 Å². The number of fused-ring (bicyclic) bond motifs is 2. The normalized spacial score (nSPS) is 16.4. The molecule has 1 aliphatic rings. The molecule has 0 spiro atoms. The minimum atomic E-state index is 0.184. The van der Waals surface area contributed by atoms with Gasteiger partial charge < -0.3 is 16.4 Å². The molecule has 0 aliphatic carbocycles. The van der Waals surface area contributed by atoms with Crippen molar-refractivity contribution in [1.82, 2.24) is 19.4 Å². The number of piperidine rings is 1. The molecule has 1 fully saturated rings. The Bertz CT molecular complexity index is 1490. The lowest BCUT2D eigenvalue weighted by atomic mass is 10.00. The van der Waals surface area contributed by atoms with Crippen molar-refractivity contribution < 1.29 is 0 Å². The third-order valence-corrected chi connectivity index (χ3v) is 6.71. The Kier molecular flexibility index (Phi) is 5.11. The minimum absolute atomic E-state index is 0.184. The Balaban J connectivity index is 1.45. The molecule has 2 aromatic carbocycles. The van der Waals surface area contributed by atoms with Gasteiger partial charge in [0.2, 0.25) is 0 Å². The van der Waals surface area contributed by atoms with Crippen molar-refractivity contribution >= 4 is 27.9 Å². The first-order chi connectivity index (χ1) is 16.7. The highest BCUT2D eigenvalue weighted by Crippen LogP contribution is 2.31. The maximum atomic E-state index is 6.32. The van der Waals surface area contributed by atoms with Crippen LogP contribution in [-0.2, 0) is 6.42 Å². The second-order valence-corrected chi connectivity index (χ2v) is 9.04. The van der Waals surface area contributed by atoms with Crippen LogP contribution in [0, 0.1) is 0 Å². The molecule has 0 radical (unpaired) electrons. The minimum Gasteiger partial charge on any atom is -0.381 e. The van der Waals surface area contributed by atoms with Crippen LogP contribution in [0.4, 0.5) is 11.5 Å². The molecule has 1 saturated heterocycles. The monoisotopic (exact) mass is 449 g/mol. The predicted octanol–water partition coefficient (Wildman–Crippen LogP) is 4.05. The number of benzene rings is 2. The van der Waals surface area contributed by atoms with Crippen LogP contribution in [0.5, 0.6) is 0 Å². The third kappa shape index (κ3) is 3.74. The number of anilines is 2. The second-order valence-electron chi connectivity index (χ2n) is 9.04. The molecule has 7 heteroatoms. The van der Waals surface area contributed by atoms with E-state index in [4.69, 9.17) is 16.5 Å². The van der Waals surface area contributed by atoms with Crippen LogP contribution in [0.1, 0.15) is 24.1 Å². The summed E-state index contributed by atoms with van der Waals surface area (Å²) in [6.07, 6.45) is 10.4. The molecule has 3 aromatic heterocycles. The zero-order valence-corrected chi connectivity index (χ0v) is 18.9. The highest BCUT2D eigenvalue weighted by Gasteiger charge is 2.21. The number of imidazole rings is 1. The number of rotatable bonds is 4. The summed E-state index contributed by atoms with van der Waals surface area (Å²) < 4.78 is 2.02. The number of nitrogens with two attached hydrogens (primary N) is 2. The molecule has 4 N–H and O–H groups in total. The van der Waals surface area contributed by atoms with Crippen LogP contribution in [-0.4, -0.2) is 38.5 Å². The summed E-state index contributed by atoms with van der Waals surface area (Å²) in [6, 6.07) is 17.3. The molecule has 0 saturated carbocycles. The lowest BCUT2D eigenvalue weighted by molar-refractivity contribution is 0.505. The standard InChI is InChI=1S/C27H27N7/c28-22-6-3-10-33(17-22)25-16-31-24(20-8-7-18-4-1-2-5-19(18)12-20)14-21(25)13-23-15-32-27-26(29)30-9-11-34(23)27/h1-2,4-5,7-9,11-12,14-16,22H,3,6,10,13,17,28H2,(H2,29,30)/t22-/m1/s1. The molecular formula is C27H27N7. The molecular weight excluding hydrogens is 422 g/mol. The summed E-state index contributed by atoms with van der Waals surface area (Å²) in [5.41, 5.74) is 18.5. The molecule has 6 rings (SSSR count). The largest absolute Gasteiger partial charge is 0.381 e. The summed E-state index contributed by atoms with van der Waals surface area (Å²) in [4.78, 5) is 15.9. The van der Waals surface area contributed by atoms with Gasteiger partial charge in [-0.25, -0.2) is 9.97 Å². The number of aromatic nitrogens is 4.